The third kappa shape index (κ3) is 2.80. The zero-order valence-corrected chi connectivity index (χ0v) is 11.1. The van der Waals surface area contributed by atoms with Gasteiger partial charge in [-0.1, -0.05) is 12.1 Å². The first kappa shape index (κ1) is 12.4. The van der Waals surface area contributed by atoms with Crippen LogP contribution in [0.1, 0.15) is 11.1 Å². The van der Waals surface area contributed by atoms with Gasteiger partial charge in [0.2, 0.25) is 0 Å². The molecule has 3 nitrogen and oxygen atoms in total. The van der Waals surface area contributed by atoms with Crippen LogP contribution in [0.5, 0.6) is 0 Å². The largest absolute Gasteiger partial charge is 0.379 e. The van der Waals surface area contributed by atoms with Crippen LogP contribution in [0.3, 0.4) is 0 Å². The molecular weight excluding hydrogens is 222 g/mol. The SMILES string of the molecule is Cc1ccncc1CNc1ccccc1N(C)C. The van der Waals surface area contributed by atoms with E-state index in [0.29, 0.717) is 0 Å². The highest BCUT2D eigenvalue weighted by atomic mass is 15.1. The Bertz CT molecular complexity index is 521. The van der Waals surface area contributed by atoms with Gasteiger partial charge in [0.05, 0.1) is 11.4 Å². The molecule has 0 spiro atoms. The maximum Gasteiger partial charge on any atom is 0.0596 e. The third-order valence-corrected chi connectivity index (χ3v) is 3.00. The summed E-state index contributed by atoms with van der Waals surface area (Å²) in [4.78, 5) is 6.27. The second kappa shape index (κ2) is 5.54. The van der Waals surface area contributed by atoms with E-state index in [1.807, 2.05) is 24.5 Å². The summed E-state index contributed by atoms with van der Waals surface area (Å²) >= 11 is 0. The summed E-state index contributed by atoms with van der Waals surface area (Å²) in [6, 6.07) is 10.3. The van der Waals surface area contributed by atoms with E-state index in [4.69, 9.17) is 0 Å². The van der Waals surface area contributed by atoms with Gasteiger partial charge in [0, 0.05) is 33.0 Å². The van der Waals surface area contributed by atoms with Crippen molar-refractivity contribution < 1.29 is 0 Å². The predicted octanol–water partition coefficient (Wildman–Crippen LogP) is 3.07. The monoisotopic (exact) mass is 241 g/mol. The molecule has 1 heterocycles. The van der Waals surface area contributed by atoms with E-state index in [0.717, 1.165) is 12.2 Å². The molecule has 0 radical (unpaired) electrons. The standard InChI is InChI=1S/C15H19N3/c1-12-8-9-16-10-13(12)11-17-14-6-4-5-7-15(14)18(2)3/h4-10,17H,11H2,1-3H3. The summed E-state index contributed by atoms with van der Waals surface area (Å²) in [6.45, 7) is 2.90. The molecule has 1 aromatic carbocycles. The zero-order valence-electron chi connectivity index (χ0n) is 11.1. The number of pyridine rings is 1. The van der Waals surface area contributed by atoms with E-state index in [-0.39, 0.29) is 0 Å². The van der Waals surface area contributed by atoms with E-state index in [9.17, 15) is 0 Å². The van der Waals surface area contributed by atoms with Gasteiger partial charge in [-0.15, -0.1) is 0 Å². The molecule has 0 aliphatic heterocycles. The van der Waals surface area contributed by atoms with E-state index < -0.39 is 0 Å². The Kier molecular flexibility index (Phi) is 3.82. The fourth-order valence-corrected chi connectivity index (χ4v) is 1.89. The fraction of sp³-hybridized carbons (Fsp3) is 0.267. The number of nitrogens with one attached hydrogen (secondary N) is 1. The summed E-state index contributed by atoms with van der Waals surface area (Å²) in [5.74, 6) is 0. The smallest absolute Gasteiger partial charge is 0.0596 e. The fourth-order valence-electron chi connectivity index (χ4n) is 1.89. The van der Waals surface area contributed by atoms with E-state index >= 15 is 0 Å². The van der Waals surface area contributed by atoms with Crippen molar-refractivity contribution in [3.8, 4) is 0 Å². The van der Waals surface area contributed by atoms with Crippen molar-refractivity contribution in [2.24, 2.45) is 0 Å². The molecule has 0 amide bonds. The topological polar surface area (TPSA) is 28.2 Å². The molecule has 1 aromatic heterocycles. The Morgan fingerprint density at radius 2 is 1.94 bits per heavy atom. The molecular formula is C15H19N3. The number of benzene rings is 1. The quantitative estimate of drug-likeness (QED) is 0.891. The molecule has 0 aliphatic rings. The number of anilines is 2. The van der Waals surface area contributed by atoms with Crippen LogP contribution in [-0.4, -0.2) is 19.1 Å². The molecule has 2 rings (SSSR count). The molecule has 0 unspecified atom stereocenters. The van der Waals surface area contributed by atoms with Gasteiger partial charge in [0.25, 0.3) is 0 Å². The minimum atomic E-state index is 0.796. The van der Waals surface area contributed by atoms with Crippen molar-refractivity contribution in [3.63, 3.8) is 0 Å². The average molecular weight is 241 g/mol. The van der Waals surface area contributed by atoms with Gasteiger partial charge in [-0.05, 0) is 36.2 Å². The molecule has 0 aliphatic carbocycles. The first-order valence-electron chi connectivity index (χ1n) is 6.08. The number of hydrogen-bond donors (Lipinski definition) is 1. The summed E-state index contributed by atoms with van der Waals surface area (Å²) in [5, 5.41) is 3.47. The zero-order chi connectivity index (χ0) is 13.0. The Hall–Kier alpha value is -2.03. The van der Waals surface area contributed by atoms with Crippen LogP contribution in [0.2, 0.25) is 0 Å². The third-order valence-electron chi connectivity index (χ3n) is 3.00. The molecule has 3 heteroatoms. The minimum absolute atomic E-state index is 0.796. The van der Waals surface area contributed by atoms with Gasteiger partial charge in [0.1, 0.15) is 0 Å². The molecule has 0 saturated carbocycles. The van der Waals surface area contributed by atoms with Crippen LogP contribution in [0, 0.1) is 6.92 Å². The van der Waals surface area contributed by atoms with E-state index in [2.05, 4.69) is 54.4 Å². The molecule has 18 heavy (non-hydrogen) atoms. The summed E-state index contributed by atoms with van der Waals surface area (Å²) < 4.78 is 0. The predicted molar refractivity (Wildman–Crippen MR) is 77.1 cm³/mol. The molecule has 0 atom stereocenters. The van der Waals surface area contributed by atoms with Gasteiger partial charge in [-0.25, -0.2) is 0 Å². The Morgan fingerprint density at radius 1 is 1.17 bits per heavy atom. The molecule has 0 fully saturated rings. The van der Waals surface area contributed by atoms with Gasteiger partial charge in [0.15, 0.2) is 0 Å². The van der Waals surface area contributed by atoms with E-state index in [1.54, 1.807) is 0 Å². The first-order valence-corrected chi connectivity index (χ1v) is 6.08. The van der Waals surface area contributed by atoms with Crippen molar-refractivity contribution >= 4 is 11.4 Å². The minimum Gasteiger partial charge on any atom is -0.379 e. The number of aromatic nitrogens is 1. The first-order chi connectivity index (χ1) is 8.68. The van der Waals surface area contributed by atoms with Crippen molar-refractivity contribution in [1.29, 1.82) is 0 Å². The maximum atomic E-state index is 4.16. The molecule has 2 aromatic rings. The average Bonchev–Trinajstić information content (AvgIpc) is 2.38. The highest BCUT2D eigenvalue weighted by molar-refractivity contribution is 5.69. The summed E-state index contributed by atoms with van der Waals surface area (Å²) in [5.41, 5.74) is 4.83. The lowest BCUT2D eigenvalue weighted by atomic mass is 10.1. The van der Waals surface area contributed by atoms with Crippen molar-refractivity contribution in [1.82, 2.24) is 4.98 Å². The van der Waals surface area contributed by atoms with Crippen LogP contribution < -0.4 is 10.2 Å². The lowest BCUT2D eigenvalue weighted by molar-refractivity contribution is 1.07. The van der Waals surface area contributed by atoms with Crippen molar-refractivity contribution in [2.45, 2.75) is 13.5 Å². The molecule has 1 N–H and O–H groups in total. The van der Waals surface area contributed by atoms with Crippen molar-refractivity contribution in [3.05, 3.63) is 53.9 Å². The number of aryl methyl sites for hydroxylation is 1. The van der Waals surface area contributed by atoms with Gasteiger partial charge < -0.3 is 10.2 Å². The van der Waals surface area contributed by atoms with Crippen LogP contribution in [0.15, 0.2) is 42.7 Å². The number of hydrogen-bond acceptors (Lipinski definition) is 3. The number of rotatable bonds is 4. The van der Waals surface area contributed by atoms with E-state index in [1.165, 1.54) is 16.8 Å². The summed E-state index contributed by atoms with van der Waals surface area (Å²) in [7, 11) is 4.10. The molecule has 0 bridgehead atoms. The summed E-state index contributed by atoms with van der Waals surface area (Å²) in [6.07, 6.45) is 3.74. The highest BCUT2D eigenvalue weighted by Crippen LogP contribution is 2.24. The van der Waals surface area contributed by atoms with Crippen molar-refractivity contribution in [2.75, 3.05) is 24.3 Å². The van der Waals surface area contributed by atoms with Crippen LogP contribution >= 0.6 is 0 Å². The Balaban J connectivity index is 2.14. The van der Waals surface area contributed by atoms with Gasteiger partial charge >= 0.3 is 0 Å². The lowest BCUT2D eigenvalue weighted by Gasteiger charge is -2.18. The van der Waals surface area contributed by atoms with Gasteiger partial charge in [-0.2, -0.15) is 0 Å². The van der Waals surface area contributed by atoms with Crippen LogP contribution in [0.4, 0.5) is 11.4 Å². The Morgan fingerprint density at radius 3 is 2.67 bits per heavy atom. The van der Waals surface area contributed by atoms with Crippen LogP contribution in [-0.2, 0) is 6.54 Å². The van der Waals surface area contributed by atoms with Gasteiger partial charge in [-0.3, -0.25) is 4.98 Å². The Labute approximate surface area is 108 Å². The normalized spacial score (nSPS) is 10.2. The number of para-hydroxylation sites is 2. The van der Waals surface area contributed by atoms with Crippen LogP contribution in [0.25, 0.3) is 0 Å². The highest BCUT2D eigenvalue weighted by Gasteiger charge is 2.03. The lowest BCUT2D eigenvalue weighted by Crippen LogP contribution is -2.12. The maximum absolute atomic E-state index is 4.16. The second-order valence-electron chi connectivity index (χ2n) is 4.57. The number of nitrogens with zero attached hydrogens (tertiary/aromatic N) is 2. The molecule has 0 saturated heterocycles. The molecule has 94 valence electrons. The second-order valence-corrected chi connectivity index (χ2v) is 4.57.